The van der Waals surface area contributed by atoms with Crippen molar-refractivity contribution >= 4 is 39.1 Å². The van der Waals surface area contributed by atoms with Gasteiger partial charge in [-0.3, -0.25) is 13.9 Å². The van der Waals surface area contributed by atoms with Crippen molar-refractivity contribution in [2.75, 3.05) is 17.1 Å². The van der Waals surface area contributed by atoms with E-state index in [1.54, 1.807) is 31.2 Å². The number of rotatable bonds is 10. The van der Waals surface area contributed by atoms with Crippen LogP contribution in [0.4, 0.5) is 5.69 Å². The van der Waals surface area contributed by atoms with Crippen LogP contribution >= 0.6 is 11.6 Å². The maximum atomic E-state index is 13.4. The largest absolute Gasteiger partial charge is 0.350 e. The molecule has 2 amide bonds. The van der Waals surface area contributed by atoms with Crippen molar-refractivity contribution in [2.24, 2.45) is 0 Å². The molecular weight excluding hydrogens is 498 g/mol. The number of amides is 2. The minimum atomic E-state index is -3.54. The average molecular weight is 536 g/mol. The molecule has 2 rings (SSSR count). The molecule has 0 aliphatic carbocycles. The zero-order valence-corrected chi connectivity index (χ0v) is 23.8. The van der Waals surface area contributed by atoms with E-state index in [0.717, 1.165) is 22.9 Å². The standard InChI is InChI=1S/C27H38ClN3O4S/c1-19-13-14-24(16-20(19)2)31(36(7,34)35)15-9-12-25(32)30(18-22-10-8-11-23(28)17-22)21(3)26(33)29-27(4,5)6/h8,10-11,13-14,16-17,21H,9,12,15,18H2,1-7H3,(H,29,33)/t21-/m0/s1. The Morgan fingerprint density at radius 3 is 2.28 bits per heavy atom. The second-order valence-corrected chi connectivity index (χ2v) is 12.6. The molecule has 0 unspecified atom stereocenters. The van der Waals surface area contributed by atoms with E-state index in [0.29, 0.717) is 17.1 Å². The highest BCUT2D eigenvalue weighted by Crippen LogP contribution is 2.22. The lowest BCUT2D eigenvalue weighted by Gasteiger charge is -2.32. The Labute approximate surface area is 220 Å². The summed E-state index contributed by atoms with van der Waals surface area (Å²) < 4.78 is 26.3. The van der Waals surface area contributed by atoms with Crippen molar-refractivity contribution in [3.63, 3.8) is 0 Å². The Kier molecular flexibility index (Phi) is 9.97. The van der Waals surface area contributed by atoms with Crippen molar-refractivity contribution in [1.82, 2.24) is 10.2 Å². The fraction of sp³-hybridized carbons (Fsp3) is 0.481. The molecule has 9 heteroatoms. The molecule has 0 heterocycles. The lowest BCUT2D eigenvalue weighted by molar-refractivity contribution is -0.141. The number of anilines is 1. The fourth-order valence-electron chi connectivity index (χ4n) is 3.77. The number of halogens is 1. The normalized spacial score (nSPS) is 12.7. The first-order chi connectivity index (χ1) is 16.6. The van der Waals surface area contributed by atoms with E-state index < -0.39 is 21.6 Å². The summed E-state index contributed by atoms with van der Waals surface area (Å²) in [4.78, 5) is 27.8. The third kappa shape index (κ3) is 8.82. The van der Waals surface area contributed by atoms with Crippen LogP contribution in [-0.2, 0) is 26.2 Å². The first kappa shape index (κ1) is 29.6. The lowest BCUT2D eigenvalue weighted by atomic mass is 10.1. The highest BCUT2D eigenvalue weighted by atomic mass is 35.5. The molecule has 2 aromatic carbocycles. The molecule has 0 fully saturated rings. The molecule has 36 heavy (non-hydrogen) atoms. The van der Waals surface area contributed by atoms with Gasteiger partial charge >= 0.3 is 0 Å². The molecule has 1 N–H and O–H groups in total. The van der Waals surface area contributed by atoms with Crippen molar-refractivity contribution in [3.8, 4) is 0 Å². The van der Waals surface area contributed by atoms with Gasteiger partial charge in [0.2, 0.25) is 21.8 Å². The summed E-state index contributed by atoms with van der Waals surface area (Å²) in [6.07, 6.45) is 1.55. The SMILES string of the molecule is Cc1ccc(N(CCCC(=O)N(Cc2cccc(Cl)c2)[C@@H](C)C(=O)NC(C)(C)C)S(C)(=O)=O)cc1C. The molecular formula is C27H38ClN3O4S. The summed E-state index contributed by atoms with van der Waals surface area (Å²) in [5, 5.41) is 3.48. The minimum Gasteiger partial charge on any atom is -0.350 e. The number of carbonyl (C=O) groups excluding carboxylic acids is 2. The number of benzene rings is 2. The number of hydrogen-bond donors (Lipinski definition) is 1. The number of nitrogens with one attached hydrogen (secondary N) is 1. The van der Waals surface area contributed by atoms with E-state index >= 15 is 0 Å². The number of sulfonamides is 1. The number of hydrogen-bond acceptors (Lipinski definition) is 4. The molecule has 2 aromatic rings. The summed E-state index contributed by atoms with van der Waals surface area (Å²) in [5.41, 5.74) is 2.99. The summed E-state index contributed by atoms with van der Waals surface area (Å²) >= 11 is 6.13. The van der Waals surface area contributed by atoms with Crippen molar-refractivity contribution in [1.29, 1.82) is 0 Å². The van der Waals surface area contributed by atoms with Gasteiger partial charge < -0.3 is 10.2 Å². The zero-order chi connectivity index (χ0) is 27.3. The van der Waals surface area contributed by atoms with Crippen LogP contribution in [0.3, 0.4) is 0 Å². The zero-order valence-electron chi connectivity index (χ0n) is 22.3. The van der Waals surface area contributed by atoms with E-state index in [1.807, 2.05) is 52.8 Å². The quantitative estimate of drug-likeness (QED) is 0.472. The van der Waals surface area contributed by atoms with E-state index in [9.17, 15) is 18.0 Å². The molecule has 0 bridgehead atoms. The van der Waals surface area contributed by atoms with Crippen LogP contribution in [0.25, 0.3) is 0 Å². The third-order valence-electron chi connectivity index (χ3n) is 5.84. The van der Waals surface area contributed by atoms with Crippen LogP contribution in [0.1, 0.15) is 57.2 Å². The van der Waals surface area contributed by atoms with Gasteiger partial charge in [0.25, 0.3) is 0 Å². The van der Waals surface area contributed by atoms with Crippen LogP contribution in [0.15, 0.2) is 42.5 Å². The Bertz CT molecular complexity index is 1190. The predicted octanol–water partition coefficient (Wildman–Crippen LogP) is 4.84. The first-order valence-corrected chi connectivity index (χ1v) is 14.2. The second-order valence-electron chi connectivity index (χ2n) is 10.3. The van der Waals surface area contributed by atoms with Gasteiger partial charge in [0.05, 0.1) is 11.9 Å². The van der Waals surface area contributed by atoms with E-state index in [2.05, 4.69) is 5.32 Å². The highest BCUT2D eigenvalue weighted by molar-refractivity contribution is 7.92. The molecule has 198 valence electrons. The van der Waals surface area contributed by atoms with Gasteiger partial charge in [-0.2, -0.15) is 0 Å². The Morgan fingerprint density at radius 1 is 1.06 bits per heavy atom. The van der Waals surface area contributed by atoms with Gasteiger partial charge in [-0.15, -0.1) is 0 Å². The van der Waals surface area contributed by atoms with Crippen LogP contribution in [-0.4, -0.2) is 49.5 Å². The molecule has 0 aliphatic heterocycles. The highest BCUT2D eigenvalue weighted by Gasteiger charge is 2.28. The minimum absolute atomic E-state index is 0.0879. The molecule has 0 radical (unpaired) electrons. The molecule has 0 spiro atoms. The van der Waals surface area contributed by atoms with Gasteiger partial charge in [-0.25, -0.2) is 8.42 Å². The third-order valence-corrected chi connectivity index (χ3v) is 7.27. The summed E-state index contributed by atoms with van der Waals surface area (Å²) in [5.74, 6) is -0.495. The number of aryl methyl sites for hydroxylation is 2. The van der Waals surface area contributed by atoms with Crippen molar-refractivity contribution in [2.45, 2.75) is 72.5 Å². The maximum Gasteiger partial charge on any atom is 0.242 e. The van der Waals surface area contributed by atoms with Crippen LogP contribution in [0.2, 0.25) is 5.02 Å². The molecule has 1 atom stereocenters. The van der Waals surface area contributed by atoms with E-state index in [-0.39, 0.29) is 31.3 Å². The summed E-state index contributed by atoms with van der Waals surface area (Å²) in [6.45, 7) is 11.6. The van der Waals surface area contributed by atoms with Crippen molar-refractivity contribution < 1.29 is 18.0 Å². The van der Waals surface area contributed by atoms with Gasteiger partial charge in [0.1, 0.15) is 6.04 Å². The van der Waals surface area contributed by atoms with Crippen LogP contribution in [0.5, 0.6) is 0 Å². The summed E-state index contributed by atoms with van der Waals surface area (Å²) in [7, 11) is -3.54. The maximum absolute atomic E-state index is 13.4. The van der Waals surface area contributed by atoms with Crippen molar-refractivity contribution in [3.05, 3.63) is 64.2 Å². The van der Waals surface area contributed by atoms with Gasteiger partial charge in [-0.05, 0) is 88.9 Å². The van der Waals surface area contributed by atoms with Gasteiger partial charge in [0.15, 0.2) is 0 Å². The smallest absolute Gasteiger partial charge is 0.242 e. The van der Waals surface area contributed by atoms with Gasteiger partial charge in [-0.1, -0.05) is 29.8 Å². The lowest BCUT2D eigenvalue weighted by Crippen LogP contribution is -2.52. The molecule has 0 saturated carbocycles. The Balaban J connectivity index is 2.21. The molecule has 0 aliphatic rings. The summed E-state index contributed by atoms with van der Waals surface area (Å²) in [6, 6.07) is 11.9. The van der Waals surface area contributed by atoms with Crippen LogP contribution < -0.4 is 9.62 Å². The molecule has 0 saturated heterocycles. The molecule has 0 aromatic heterocycles. The van der Waals surface area contributed by atoms with E-state index in [4.69, 9.17) is 11.6 Å². The average Bonchev–Trinajstić information content (AvgIpc) is 2.74. The monoisotopic (exact) mass is 535 g/mol. The Morgan fingerprint density at radius 2 is 1.72 bits per heavy atom. The number of nitrogens with zero attached hydrogens (tertiary/aromatic N) is 2. The van der Waals surface area contributed by atoms with Crippen LogP contribution in [0, 0.1) is 13.8 Å². The first-order valence-electron chi connectivity index (χ1n) is 12.0. The second kappa shape index (κ2) is 12.1. The van der Waals surface area contributed by atoms with E-state index in [1.165, 1.54) is 9.21 Å². The Hall–Kier alpha value is -2.58. The fourth-order valence-corrected chi connectivity index (χ4v) is 4.94. The number of carbonyl (C=O) groups is 2. The topological polar surface area (TPSA) is 86.8 Å². The predicted molar refractivity (Wildman–Crippen MR) is 147 cm³/mol. The van der Waals surface area contributed by atoms with Gasteiger partial charge in [0, 0.05) is 30.1 Å². The molecule has 7 nitrogen and oxygen atoms in total.